The van der Waals surface area contributed by atoms with Gasteiger partial charge in [0, 0.05) is 35.9 Å². The van der Waals surface area contributed by atoms with E-state index in [9.17, 15) is 5.11 Å². The van der Waals surface area contributed by atoms with Crippen LogP contribution in [0, 0.1) is 0 Å². The second-order valence-corrected chi connectivity index (χ2v) is 6.22. The predicted octanol–water partition coefficient (Wildman–Crippen LogP) is 3.43. The number of aromatic nitrogens is 3. The molecule has 0 spiro atoms. The number of anilines is 1. The number of nitrogens with zero attached hydrogens (tertiary/aromatic N) is 2. The Kier molecular flexibility index (Phi) is 3.31. The van der Waals surface area contributed by atoms with Crippen LogP contribution in [0.5, 0.6) is 0 Å². The monoisotopic (exact) mass is 308 g/mol. The standard InChI is InChI=1S/C18H20N4O/c1-19-17-20-9-6-16(22-17)14-11-21-15-5-4-12(10-13(14)15)18(23)7-2-3-8-18/h4-6,9-11,21,23H,2-3,7-8H2,1H3,(H,19,20,22). The minimum atomic E-state index is -0.676. The molecule has 118 valence electrons. The van der Waals surface area contributed by atoms with Crippen molar-refractivity contribution in [2.75, 3.05) is 12.4 Å². The topological polar surface area (TPSA) is 73.8 Å². The summed E-state index contributed by atoms with van der Waals surface area (Å²) in [5.41, 5.74) is 3.28. The molecular weight excluding hydrogens is 288 g/mol. The molecule has 0 radical (unpaired) electrons. The van der Waals surface area contributed by atoms with Crippen LogP contribution >= 0.6 is 0 Å². The second-order valence-electron chi connectivity index (χ2n) is 6.22. The maximum absolute atomic E-state index is 10.9. The average molecular weight is 308 g/mol. The van der Waals surface area contributed by atoms with E-state index >= 15 is 0 Å². The first-order chi connectivity index (χ1) is 11.2. The van der Waals surface area contributed by atoms with Crippen LogP contribution in [0.15, 0.2) is 36.7 Å². The summed E-state index contributed by atoms with van der Waals surface area (Å²) in [6.07, 6.45) is 7.58. The Morgan fingerprint density at radius 2 is 2.04 bits per heavy atom. The van der Waals surface area contributed by atoms with Crippen LogP contribution in [0.2, 0.25) is 0 Å². The van der Waals surface area contributed by atoms with Gasteiger partial charge >= 0.3 is 0 Å². The molecule has 0 atom stereocenters. The normalized spacial score (nSPS) is 16.8. The van der Waals surface area contributed by atoms with E-state index in [1.54, 1.807) is 6.20 Å². The fourth-order valence-electron chi connectivity index (χ4n) is 3.50. The minimum absolute atomic E-state index is 0.599. The van der Waals surface area contributed by atoms with Crippen molar-refractivity contribution < 1.29 is 5.11 Å². The first-order valence-electron chi connectivity index (χ1n) is 8.05. The van der Waals surface area contributed by atoms with E-state index in [0.717, 1.165) is 53.4 Å². The van der Waals surface area contributed by atoms with Gasteiger partial charge in [-0.2, -0.15) is 0 Å². The Morgan fingerprint density at radius 1 is 1.22 bits per heavy atom. The van der Waals surface area contributed by atoms with Gasteiger partial charge in [-0.05, 0) is 36.6 Å². The lowest BCUT2D eigenvalue weighted by atomic mass is 9.91. The third kappa shape index (κ3) is 2.37. The number of rotatable bonds is 3. The van der Waals surface area contributed by atoms with Crippen molar-refractivity contribution >= 4 is 16.9 Å². The fourth-order valence-corrected chi connectivity index (χ4v) is 3.50. The summed E-state index contributed by atoms with van der Waals surface area (Å²) >= 11 is 0. The molecule has 0 aliphatic heterocycles. The Balaban J connectivity index is 1.84. The molecule has 23 heavy (non-hydrogen) atoms. The van der Waals surface area contributed by atoms with Gasteiger partial charge in [-0.25, -0.2) is 9.97 Å². The highest BCUT2D eigenvalue weighted by Crippen LogP contribution is 2.40. The largest absolute Gasteiger partial charge is 0.385 e. The molecule has 5 nitrogen and oxygen atoms in total. The molecule has 5 heteroatoms. The zero-order valence-electron chi connectivity index (χ0n) is 13.1. The van der Waals surface area contributed by atoms with Crippen LogP contribution < -0.4 is 5.32 Å². The number of hydrogen-bond acceptors (Lipinski definition) is 4. The molecule has 3 aromatic rings. The van der Waals surface area contributed by atoms with Gasteiger partial charge in [0.25, 0.3) is 0 Å². The molecular formula is C18H20N4O. The van der Waals surface area contributed by atoms with Crippen LogP contribution in [0.1, 0.15) is 31.2 Å². The summed E-state index contributed by atoms with van der Waals surface area (Å²) in [5.74, 6) is 0.599. The third-order valence-electron chi connectivity index (χ3n) is 4.80. The molecule has 1 saturated carbocycles. The number of hydrogen-bond donors (Lipinski definition) is 3. The van der Waals surface area contributed by atoms with Crippen molar-refractivity contribution in [3.63, 3.8) is 0 Å². The molecule has 0 amide bonds. The van der Waals surface area contributed by atoms with Crippen molar-refractivity contribution in [3.05, 3.63) is 42.2 Å². The van der Waals surface area contributed by atoms with Crippen molar-refractivity contribution in [1.29, 1.82) is 0 Å². The maximum atomic E-state index is 10.9. The molecule has 0 bridgehead atoms. The van der Waals surface area contributed by atoms with Crippen LogP contribution in [0.4, 0.5) is 5.95 Å². The number of nitrogens with one attached hydrogen (secondary N) is 2. The summed E-state index contributed by atoms with van der Waals surface area (Å²) in [4.78, 5) is 12.0. The highest BCUT2D eigenvalue weighted by molar-refractivity contribution is 5.95. The van der Waals surface area contributed by atoms with Crippen LogP contribution in [-0.4, -0.2) is 27.1 Å². The van der Waals surface area contributed by atoms with Crippen molar-refractivity contribution in [2.45, 2.75) is 31.3 Å². The zero-order valence-corrected chi connectivity index (χ0v) is 13.1. The highest BCUT2D eigenvalue weighted by Gasteiger charge is 2.33. The van der Waals surface area contributed by atoms with Crippen LogP contribution in [0.3, 0.4) is 0 Å². The smallest absolute Gasteiger partial charge is 0.222 e. The van der Waals surface area contributed by atoms with Gasteiger partial charge < -0.3 is 15.4 Å². The van der Waals surface area contributed by atoms with Crippen LogP contribution in [-0.2, 0) is 5.60 Å². The molecule has 1 fully saturated rings. The van der Waals surface area contributed by atoms with Gasteiger partial charge in [-0.1, -0.05) is 18.9 Å². The highest BCUT2D eigenvalue weighted by atomic mass is 16.3. The first kappa shape index (κ1) is 14.2. The van der Waals surface area contributed by atoms with E-state index in [2.05, 4.69) is 26.3 Å². The van der Waals surface area contributed by atoms with E-state index in [-0.39, 0.29) is 0 Å². The minimum Gasteiger partial charge on any atom is -0.385 e. The molecule has 1 aliphatic carbocycles. The van der Waals surface area contributed by atoms with Gasteiger partial charge in [0.1, 0.15) is 0 Å². The van der Waals surface area contributed by atoms with Gasteiger partial charge in [-0.15, -0.1) is 0 Å². The summed E-state index contributed by atoms with van der Waals surface area (Å²) in [7, 11) is 1.81. The predicted molar refractivity (Wildman–Crippen MR) is 91.2 cm³/mol. The number of fused-ring (bicyclic) bond motifs is 1. The lowest BCUT2D eigenvalue weighted by Gasteiger charge is -2.22. The van der Waals surface area contributed by atoms with E-state index in [4.69, 9.17) is 0 Å². The van der Waals surface area contributed by atoms with Crippen molar-refractivity contribution in [2.24, 2.45) is 0 Å². The summed E-state index contributed by atoms with van der Waals surface area (Å²) < 4.78 is 0. The lowest BCUT2D eigenvalue weighted by molar-refractivity contribution is 0.0446. The Labute approximate surface area is 134 Å². The third-order valence-corrected chi connectivity index (χ3v) is 4.80. The summed E-state index contributed by atoms with van der Waals surface area (Å²) in [6, 6.07) is 8.09. The molecule has 4 rings (SSSR count). The lowest BCUT2D eigenvalue weighted by Crippen LogP contribution is -2.20. The molecule has 0 saturated heterocycles. The number of benzene rings is 1. The fraction of sp³-hybridized carbons (Fsp3) is 0.333. The summed E-state index contributed by atoms with van der Waals surface area (Å²) in [5, 5.41) is 14.9. The Morgan fingerprint density at radius 3 is 2.83 bits per heavy atom. The van der Waals surface area contributed by atoms with Gasteiger partial charge in [0.05, 0.1) is 11.3 Å². The summed E-state index contributed by atoms with van der Waals surface area (Å²) in [6.45, 7) is 0. The van der Waals surface area contributed by atoms with Gasteiger partial charge in [-0.3, -0.25) is 0 Å². The van der Waals surface area contributed by atoms with E-state index in [1.807, 2.05) is 31.4 Å². The van der Waals surface area contributed by atoms with E-state index < -0.39 is 5.60 Å². The molecule has 1 aromatic carbocycles. The Bertz CT molecular complexity index is 849. The van der Waals surface area contributed by atoms with Gasteiger partial charge in [0.2, 0.25) is 5.95 Å². The number of aliphatic hydroxyl groups is 1. The SMILES string of the molecule is CNc1nccc(-c2c[nH]c3ccc(C4(O)CCCC4)cc23)n1. The molecule has 3 N–H and O–H groups in total. The zero-order chi connectivity index (χ0) is 15.9. The maximum Gasteiger partial charge on any atom is 0.222 e. The molecule has 0 unspecified atom stereocenters. The number of aromatic amines is 1. The number of H-pyrrole nitrogens is 1. The molecule has 2 heterocycles. The Hall–Kier alpha value is -2.40. The van der Waals surface area contributed by atoms with Crippen molar-refractivity contribution in [3.8, 4) is 11.3 Å². The molecule has 1 aliphatic rings. The van der Waals surface area contributed by atoms with Gasteiger partial charge in [0.15, 0.2) is 0 Å². The average Bonchev–Trinajstić information content (AvgIpc) is 3.21. The van der Waals surface area contributed by atoms with Crippen LogP contribution in [0.25, 0.3) is 22.2 Å². The second kappa shape index (κ2) is 5.35. The van der Waals surface area contributed by atoms with E-state index in [0.29, 0.717) is 5.95 Å². The van der Waals surface area contributed by atoms with E-state index in [1.165, 1.54) is 0 Å². The quantitative estimate of drug-likeness (QED) is 0.693. The molecule has 2 aromatic heterocycles. The first-order valence-corrected chi connectivity index (χ1v) is 8.05. The van der Waals surface area contributed by atoms with Crippen molar-refractivity contribution in [1.82, 2.24) is 15.0 Å².